The number of pyridine rings is 1. The van der Waals surface area contributed by atoms with Crippen molar-refractivity contribution >= 4 is 45.1 Å². The van der Waals surface area contributed by atoms with Crippen LogP contribution in [0.15, 0.2) is 54.7 Å². The molecule has 21 heavy (non-hydrogen) atoms. The Kier molecular flexibility index (Phi) is 3.74. The molecule has 0 saturated heterocycles. The quantitative estimate of drug-likeness (QED) is 0.655. The predicted octanol–water partition coefficient (Wildman–Crippen LogP) is 3.80. The second-order valence-electron chi connectivity index (χ2n) is 4.49. The summed E-state index contributed by atoms with van der Waals surface area (Å²) in [7, 11) is 0. The van der Waals surface area contributed by atoms with Gasteiger partial charge in [-0.05, 0) is 65.1 Å². The summed E-state index contributed by atoms with van der Waals surface area (Å²) in [6.45, 7) is 0. The van der Waals surface area contributed by atoms with Crippen molar-refractivity contribution in [3.8, 4) is 5.75 Å². The molecule has 0 aliphatic rings. The Labute approximate surface area is 135 Å². The van der Waals surface area contributed by atoms with Crippen LogP contribution in [0.5, 0.6) is 5.75 Å². The lowest BCUT2D eigenvalue weighted by Gasteiger charge is -2.09. The van der Waals surface area contributed by atoms with E-state index in [1.54, 1.807) is 18.3 Å². The molecule has 1 heterocycles. The summed E-state index contributed by atoms with van der Waals surface area (Å²) in [4.78, 5) is 16.6. The molecule has 1 aromatic heterocycles. The van der Waals surface area contributed by atoms with Crippen LogP contribution in [0.3, 0.4) is 0 Å². The molecule has 0 aliphatic carbocycles. The summed E-state index contributed by atoms with van der Waals surface area (Å²) in [5.41, 5.74) is 1.73. The normalized spacial score (nSPS) is 10.5. The molecule has 0 radical (unpaired) electrons. The second-order valence-corrected chi connectivity index (χ2v) is 5.74. The maximum atomic E-state index is 12.3. The number of carbonyl (C=O) groups excluding carboxylic acids is 1. The Morgan fingerprint density at radius 3 is 2.86 bits per heavy atom. The zero-order valence-corrected chi connectivity index (χ0v) is 13.0. The van der Waals surface area contributed by atoms with Crippen LogP contribution in [0.1, 0.15) is 10.4 Å². The molecular formula is C16H11IN2O2. The Morgan fingerprint density at radius 1 is 1.14 bits per heavy atom. The third-order valence-corrected chi connectivity index (χ3v) is 3.77. The van der Waals surface area contributed by atoms with Gasteiger partial charge in [-0.1, -0.05) is 6.07 Å². The summed E-state index contributed by atoms with van der Waals surface area (Å²) >= 11 is 2.10. The van der Waals surface area contributed by atoms with Gasteiger partial charge < -0.3 is 10.4 Å². The number of fused-ring (bicyclic) bond motifs is 1. The molecule has 2 N–H and O–H groups in total. The van der Waals surface area contributed by atoms with Gasteiger partial charge in [0.1, 0.15) is 5.75 Å². The summed E-state index contributed by atoms with van der Waals surface area (Å²) in [5.74, 6) is -0.381. The molecule has 2 aromatic carbocycles. The Balaban J connectivity index is 1.99. The monoisotopic (exact) mass is 390 g/mol. The Bertz CT molecular complexity index is 828. The highest BCUT2D eigenvalue weighted by Crippen LogP contribution is 2.24. The van der Waals surface area contributed by atoms with E-state index in [9.17, 15) is 9.90 Å². The maximum Gasteiger partial charge on any atom is 0.259 e. The Hall–Kier alpha value is -2.15. The van der Waals surface area contributed by atoms with E-state index in [0.29, 0.717) is 5.69 Å². The number of rotatable bonds is 2. The summed E-state index contributed by atoms with van der Waals surface area (Å²) in [6.07, 6.45) is 1.71. The number of carbonyl (C=O) groups is 1. The number of hydrogen-bond acceptors (Lipinski definition) is 3. The predicted molar refractivity (Wildman–Crippen MR) is 90.5 cm³/mol. The number of amides is 1. The van der Waals surface area contributed by atoms with Crippen LogP contribution >= 0.6 is 22.6 Å². The van der Waals surface area contributed by atoms with Crippen molar-refractivity contribution in [2.75, 3.05) is 5.32 Å². The second kappa shape index (κ2) is 5.69. The van der Waals surface area contributed by atoms with Crippen LogP contribution in [0, 0.1) is 3.57 Å². The van der Waals surface area contributed by atoms with E-state index in [-0.39, 0.29) is 17.2 Å². The van der Waals surface area contributed by atoms with E-state index in [4.69, 9.17) is 0 Å². The van der Waals surface area contributed by atoms with Crippen molar-refractivity contribution in [1.82, 2.24) is 4.98 Å². The molecule has 0 aliphatic heterocycles. The third-order valence-electron chi connectivity index (χ3n) is 3.10. The molecule has 0 unspecified atom stereocenters. The number of aromatic hydroxyl groups is 1. The van der Waals surface area contributed by atoms with Crippen molar-refractivity contribution in [2.24, 2.45) is 0 Å². The molecule has 0 spiro atoms. The molecule has 0 atom stereocenters. The maximum absolute atomic E-state index is 12.3. The number of benzene rings is 2. The van der Waals surface area contributed by atoms with Crippen LogP contribution < -0.4 is 5.32 Å². The first-order valence-electron chi connectivity index (χ1n) is 6.29. The number of phenols is 1. The van der Waals surface area contributed by atoms with Crippen LogP contribution in [-0.4, -0.2) is 16.0 Å². The molecular weight excluding hydrogens is 379 g/mol. The first kappa shape index (κ1) is 13.8. The van der Waals surface area contributed by atoms with E-state index < -0.39 is 0 Å². The third kappa shape index (κ3) is 2.82. The van der Waals surface area contributed by atoms with Gasteiger partial charge in [-0.2, -0.15) is 0 Å². The van der Waals surface area contributed by atoms with Crippen LogP contribution in [-0.2, 0) is 0 Å². The van der Waals surface area contributed by atoms with Crippen molar-refractivity contribution < 1.29 is 9.90 Å². The average Bonchev–Trinajstić information content (AvgIpc) is 2.50. The number of halogens is 1. The number of aromatic nitrogens is 1. The highest BCUT2D eigenvalue weighted by Gasteiger charge is 2.13. The smallest absolute Gasteiger partial charge is 0.259 e. The molecule has 0 bridgehead atoms. The number of anilines is 1. The minimum Gasteiger partial charge on any atom is -0.507 e. The van der Waals surface area contributed by atoms with Gasteiger partial charge in [0, 0.05) is 15.2 Å². The van der Waals surface area contributed by atoms with Gasteiger partial charge in [-0.15, -0.1) is 0 Å². The molecule has 0 fully saturated rings. The van der Waals surface area contributed by atoms with Gasteiger partial charge in [-0.25, -0.2) is 0 Å². The lowest BCUT2D eigenvalue weighted by Crippen LogP contribution is -2.12. The fourth-order valence-corrected chi connectivity index (χ4v) is 2.58. The number of nitrogens with zero attached hydrogens (tertiary/aromatic N) is 1. The highest BCUT2D eigenvalue weighted by molar-refractivity contribution is 14.1. The van der Waals surface area contributed by atoms with Crippen LogP contribution in [0.2, 0.25) is 0 Å². The van der Waals surface area contributed by atoms with E-state index >= 15 is 0 Å². The SMILES string of the molecule is O=C(Nc1cccc2ncccc12)c1cc(I)ccc1O. The van der Waals surface area contributed by atoms with Gasteiger partial charge in [0.25, 0.3) is 5.91 Å². The van der Waals surface area contributed by atoms with Crippen molar-refractivity contribution in [3.05, 3.63) is 63.9 Å². The zero-order chi connectivity index (χ0) is 14.8. The molecule has 3 aromatic rings. The van der Waals surface area contributed by atoms with Crippen LogP contribution in [0.25, 0.3) is 10.9 Å². The average molecular weight is 390 g/mol. The van der Waals surface area contributed by atoms with Crippen molar-refractivity contribution in [3.63, 3.8) is 0 Å². The minimum atomic E-state index is -0.345. The van der Waals surface area contributed by atoms with E-state index in [2.05, 4.69) is 32.9 Å². The van der Waals surface area contributed by atoms with E-state index in [1.807, 2.05) is 30.3 Å². The Morgan fingerprint density at radius 2 is 2.00 bits per heavy atom. The minimum absolute atomic E-state index is 0.0359. The lowest BCUT2D eigenvalue weighted by molar-refractivity contribution is 0.102. The number of hydrogen-bond donors (Lipinski definition) is 2. The van der Waals surface area contributed by atoms with E-state index in [0.717, 1.165) is 14.5 Å². The van der Waals surface area contributed by atoms with Crippen molar-refractivity contribution in [2.45, 2.75) is 0 Å². The fourth-order valence-electron chi connectivity index (χ4n) is 2.09. The van der Waals surface area contributed by atoms with E-state index in [1.165, 1.54) is 6.07 Å². The highest BCUT2D eigenvalue weighted by atomic mass is 127. The topological polar surface area (TPSA) is 62.2 Å². The fraction of sp³-hybridized carbons (Fsp3) is 0. The molecule has 5 heteroatoms. The van der Waals surface area contributed by atoms with Gasteiger partial charge in [-0.3, -0.25) is 9.78 Å². The van der Waals surface area contributed by atoms with Crippen molar-refractivity contribution in [1.29, 1.82) is 0 Å². The molecule has 3 rings (SSSR count). The van der Waals surface area contributed by atoms with Gasteiger partial charge in [0.15, 0.2) is 0 Å². The van der Waals surface area contributed by atoms with Gasteiger partial charge in [0.05, 0.1) is 16.8 Å². The van der Waals surface area contributed by atoms with Crippen LogP contribution in [0.4, 0.5) is 5.69 Å². The first-order valence-corrected chi connectivity index (χ1v) is 7.36. The number of nitrogens with one attached hydrogen (secondary N) is 1. The standard InChI is InChI=1S/C16H11IN2O2/c17-10-6-7-15(20)12(9-10)16(21)19-14-5-1-4-13-11(14)3-2-8-18-13/h1-9,20H,(H,19,21). The lowest BCUT2D eigenvalue weighted by atomic mass is 10.1. The summed E-state index contributed by atoms with van der Waals surface area (Å²) < 4.78 is 0.884. The molecule has 1 amide bonds. The molecule has 4 nitrogen and oxygen atoms in total. The summed E-state index contributed by atoms with van der Waals surface area (Å²) in [6, 6.07) is 14.2. The molecule has 0 saturated carbocycles. The zero-order valence-electron chi connectivity index (χ0n) is 10.9. The number of phenolic OH excluding ortho intramolecular Hbond substituents is 1. The van der Waals surface area contributed by atoms with Gasteiger partial charge >= 0.3 is 0 Å². The first-order chi connectivity index (χ1) is 10.1. The summed E-state index contributed by atoms with van der Waals surface area (Å²) in [5, 5.41) is 13.5. The van der Waals surface area contributed by atoms with Gasteiger partial charge in [0.2, 0.25) is 0 Å². The molecule has 104 valence electrons. The largest absolute Gasteiger partial charge is 0.507 e.